The van der Waals surface area contributed by atoms with E-state index in [2.05, 4.69) is 5.32 Å². The molecular weight excluding hydrogens is 448 g/mol. The molecule has 2 heterocycles. The molecule has 1 aromatic heterocycles. The van der Waals surface area contributed by atoms with Gasteiger partial charge < -0.3 is 19.2 Å². The first-order chi connectivity index (χ1) is 16.9. The van der Waals surface area contributed by atoms with Crippen LogP contribution in [0.15, 0.2) is 52.9 Å². The third kappa shape index (κ3) is 5.37. The Bertz CT molecular complexity index is 1260. The van der Waals surface area contributed by atoms with E-state index in [0.29, 0.717) is 35.1 Å². The molecule has 8 nitrogen and oxygen atoms in total. The van der Waals surface area contributed by atoms with Gasteiger partial charge in [0.05, 0.1) is 12.2 Å². The van der Waals surface area contributed by atoms with Crippen LogP contribution in [0.4, 0.5) is 5.69 Å². The third-order valence-electron chi connectivity index (χ3n) is 5.87. The number of Topliss-reactive ketones (excluding diaryl/α,β-unsaturated/α-hetero) is 1. The number of fused-ring (bicyclic) bond motifs is 1. The Labute approximate surface area is 203 Å². The van der Waals surface area contributed by atoms with Gasteiger partial charge in [0.25, 0.3) is 11.8 Å². The number of benzene rings is 2. The molecule has 0 atom stereocenters. The maximum atomic E-state index is 12.9. The van der Waals surface area contributed by atoms with Gasteiger partial charge >= 0.3 is 0 Å². The number of furan rings is 1. The minimum Gasteiger partial charge on any atom is -0.485 e. The molecule has 2 aromatic carbocycles. The molecule has 0 saturated heterocycles. The number of anilines is 1. The average molecular weight is 477 g/mol. The van der Waals surface area contributed by atoms with E-state index in [0.717, 1.165) is 17.5 Å². The number of nitrogens with zero attached hydrogens (tertiary/aromatic N) is 1. The summed E-state index contributed by atoms with van der Waals surface area (Å²) in [4.78, 5) is 39.2. The fourth-order valence-electron chi connectivity index (χ4n) is 3.72. The Morgan fingerprint density at radius 1 is 1.11 bits per heavy atom. The topological polar surface area (TPSA) is 98.1 Å². The largest absolute Gasteiger partial charge is 0.485 e. The van der Waals surface area contributed by atoms with Crippen molar-refractivity contribution in [2.75, 3.05) is 24.7 Å². The van der Waals surface area contributed by atoms with Crippen LogP contribution in [-0.2, 0) is 11.3 Å². The Balaban J connectivity index is 1.50. The van der Waals surface area contributed by atoms with Crippen LogP contribution in [0.1, 0.15) is 51.1 Å². The molecule has 3 aromatic rings. The van der Waals surface area contributed by atoms with Crippen LogP contribution in [-0.4, -0.2) is 37.4 Å². The zero-order chi connectivity index (χ0) is 24.9. The zero-order valence-corrected chi connectivity index (χ0v) is 20.1. The minimum absolute atomic E-state index is 0.104. The van der Waals surface area contributed by atoms with Crippen molar-refractivity contribution in [2.24, 2.45) is 0 Å². The molecule has 182 valence electrons. The maximum absolute atomic E-state index is 12.9. The molecule has 0 fully saturated rings. The highest BCUT2D eigenvalue weighted by atomic mass is 16.5. The summed E-state index contributed by atoms with van der Waals surface area (Å²) in [7, 11) is 0. The van der Waals surface area contributed by atoms with Crippen molar-refractivity contribution in [3.63, 3.8) is 0 Å². The van der Waals surface area contributed by atoms with Crippen molar-refractivity contribution >= 4 is 23.3 Å². The summed E-state index contributed by atoms with van der Waals surface area (Å²) >= 11 is 0. The van der Waals surface area contributed by atoms with Gasteiger partial charge in [0.15, 0.2) is 24.8 Å². The fourth-order valence-corrected chi connectivity index (χ4v) is 3.72. The summed E-state index contributed by atoms with van der Waals surface area (Å²) in [5, 5.41) is 2.76. The predicted molar refractivity (Wildman–Crippen MR) is 130 cm³/mol. The van der Waals surface area contributed by atoms with Gasteiger partial charge in [-0.3, -0.25) is 19.3 Å². The van der Waals surface area contributed by atoms with Crippen molar-refractivity contribution in [1.29, 1.82) is 0 Å². The van der Waals surface area contributed by atoms with Crippen LogP contribution in [0.3, 0.4) is 0 Å². The lowest BCUT2D eigenvalue weighted by atomic mass is 10.1. The monoisotopic (exact) mass is 476 g/mol. The Hall–Kier alpha value is -4.07. The average Bonchev–Trinajstić information content (AvgIpc) is 3.33. The van der Waals surface area contributed by atoms with Crippen molar-refractivity contribution in [1.82, 2.24) is 5.32 Å². The number of hydrogen-bond donors (Lipinski definition) is 1. The van der Waals surface area contributed by atoms with Crippen LogP contribution in [0, 0.1) is 13.8 Å². The quantitative estimate of drug-likeness (QED) is 0.464. The van der Waals surface area contributed by atoms with Gasteiger partial charge in [0, 0.05) is 12.1 Å². The first-order valence-corrected chi connectivity index (χ1v) is 11.5. The predicted octanol–water partition coefficient (Wildman–Crippen LogP) is 4.22. The molecule has 0 unspecified atom stereocenters. The lowest BCUT2D eigenvalue weighted by Gasteiger charge is -2.29. The molecule has 0 spiro atoms. The summed E-state index contributed by atoms with van der Waals surface area (Å²) < 4.78 is 17.0. The molecule has 1 N–H and O–H groups in total. The molecule has 4 rings (SSSR count). The van der Waals surface area contributed by atoms with Gasteiger partial charge in [-0.05, 0) is 67.8 Å². The van der Waals surface area contributed by atoms with E-state index in [1.807, 2.05) is 39.0 Å². The zero-order valence-electron chi connectivity index (χ0n) is 20.1. The summed E-state index contributed by atoms with van der Waals surface area (Å²) in [5.74, 6) is 0.979. The SMILES string of the molecule is CCCNC(=O)c1ccc(CN2C(=O)COc3ccc(C(=O)COc4cccc(C)c4C)cc32)o1. The summed E-state index contributed by atoms with van der Waals surface area (Å²) in [6.07, 6.45) is 0.815. The van der Waals surface area contributed by atoms with E-state index in [1.54, 1.807) is 30.3 Å². The number of rotatable bonds is 9. The summed E-state index contributed by atoms with van der Waals surface area (Å²) in [6, 6.07) is 13.9. The van der Waals surface area contributed by atoms with Gasteiger partial charge in [-0.25, -0.2) is 0 Å². The standard InChI is InChI=1S/C27H28N2O6/c1-4-12-28-27(32)25-11-9-20(35-25)14-29-21-13-19(8-10-24(21)34-16-26(29)31)22(30)15-33-23-7-5-6-17(2)18(23)3/h5-11,13H,4,12,14-16H2,1-3H3,(H,28,32). The highest BCUT2D eigenvalue weighted by Crippen LogP contribution is 2.34. The Kier molecular flexibility index (Phi) is 7.19. The van der Waals surface area contributed by atoms with E-state index in [9.17, 15) is 14.4 Å². The highest BCUT2D eigenvalue weighted by Gasteiger charge is 2.28. The number of nitrogens with one attached hydrogen (secondary N) is 1. The van der Waals surface area contributed by atoms with Crippen LogP contribution in [0.25, 0.3) is 0 Å². The van der Waals surface area contributed by atoms with E-state index in [4.69, 9.17) is 13.9 Å². The van der Waals surface area contributed by atoms with Crippen LogP contribution < -0.4 is 19.7 Å². The molecule has 35 heavy (non-hydrogen) atoms. The normalized spacial score (nSPS) is 12.7. The third-order valence-corrected chi connectivity index (χ3v) is 5.87. The Morgan fingerprint density at radius 3 is 2.74 bits per heavy atom. The van der Waals surface area contributed by atoms with Crippen molar-refractivity contribution in [3.05, 3.63) is 76.7 Å². The molecule has 0 bridgehead atoms. The highest BCUT2D eigenvalue weighted by molar-refractivity contribution is 6.02. The number of carbonyl (C=O) groups excluding carboxylic acids is 3. The van der Waals surface area contributed by atoms with Gasteiger partial charge in [0.1, 0.15) is 17.3 Å². The van der Waals surface area contributed by atoms with Crippen LogP contribution in [0.2, 0.25) is 0 Å². The molecule has 0 saturated carbocycles. The second-order valence-electron chi connectivity index (χ2n) is 8.38. The molecule has 2 amide bonds. The number of carbonyl (C=O) groups is 3. The number of ketones is 1. The number of aryl methyl sites for hydroxylation is 1. The fraction of sp³-hybridized carbons (Fsp3) is 0.296. The molecule has 8 heteroatoms. The van der Waals surface area contributed by atoms with E-state index >= 15 is 0 Å². The summed E-state index contributed by atoms with van der Waals surface area (Å²) in [5.41, 5.74) is 2.93. The minimum atomic E-state index is -0.302. The number of ether oxygens (including phenoxy) is 2. The van der Waals surface area contributed by atoms with Crippen molar-refractivity contribution in [2.45, 2.75) is 33.7 Å². The van der Waals surface area contributed by atoms with Gasteiger partial charge in [-0.15, -0.1) is 0 Å². The van der Waals surface area contributed by atoms with E-state index in [-0.39, 0.29) is 43.1 Å². The van der Waals surface area contributed by atoms with Crippen LogP contribution >= 0.6 is 0 Å². The second kappa shape index (κ2) is 10.5. The smallest absolute Gasteiger partial charge is 0.286 e. The van der Waals surface area contributed by atoms with Gasteiger partial charge in [-0.2, -0.15) is 0 Å². The lowest BCUT2D eigenvalue weighted by molar-refractivity contribution is -0.121. The first-order valence-electron chi connectivity index (χ1n) is 11.5. The van der Waals surface area contributed by atoms with Crippen molar-refractivity contribution in [3.8, 4) is 11.5 Å². The second-order valence-corrected chi connectivity index (χ2v) is 8.38. The van der Waals surface area contributed by atoms with E-state index in [1.165, 1.54) is 4.90 Å². The summed E-state index contributed by atoms with van der Waals surface area (Å²) in [6.45, 7) is 6.29. The molecule has 0 radical (unpaired) electrons. The van der Waals surface area contributed by atoms with E-state index < -0.39 is 0 Å². The molecule has 1 aliphatic heterocycles. The van der Waals surface area contributed by atoms with Gasteiger partial charge in [0.2, 0.25) is 0 Å². The molecule has 0 aliphatic carbocycles. The maximum Gasteiger partial charge on any atom is 0.286 e. The van der Waals surface area contributed by atoms with Crippen LogP contribution in [0.5, 0.6) is 11.5 Å². The lowest BCUT2D eigenvalue weighted by Crippen LogP contribution is -2.38. The van der Waals surface area contributed by atoms with Crippen molar-refractivity contribution < 1.29 is 28.3 Å². The Morgan fingerprint density at radius 2 is 1.94 bits per heavy atom. The number of hydrogen-bond acceptors (Lipinski definition) is 6. The number of amides is 2. The molecule has 1 aliphatic rings. The first kappa shape index (κ1) is 24.1. The molecular formula is C27H28N2O6. The van der Waals surface area contributed by atoms with Gasteiger partial charge in [-0.1, -0.05) is 19.1 Å².